The number of hydrazine groups is 1. The lowest BCUT2D eigenvalue weighted by Gasteiger charge is -2.03. The number of urea groups is 1. The van der Waals surface area contributed by atoms with Gasteiger partial charge in [0.15, 0.2) is 0 Å². The molecule has 5 nitrogen and oxygen atoms in total. The maximum Gasteiger partial charge on any atom is 0.330 e. The Balaban J connectivity index is 2.26. The van der Waals surface area contributed by atoms with Crippen LogP contribution in [0.25, 0.3) is 10.1 Å². The lowest BCUT2D eigenvalue weighted by Crippen LogP contribution is -2.44. The van der Waals surface area contributed by atoms with Crippen LogP contribution < -0.4 is 16.6 Å². The number of carbonyl (C=O) groups is 2. The van der Waals surface area contributed by atoms with Crippen LogP contribution in [0.3, 0.4) is 0 Å². The van der Waals surface area contributed by atoms with Crippen LogP contribution in [0, 0.1) is 0 Å². The summed E-state index contributed by atoms with van der Waals surface area (Å²) in [7, 11) is 0. The first kappa shape index (κ1) is 10.4. The number of hydrogen-bond donors (Lipinski definition) is 3. The van der Waals surface area contributed by atoms with E-state index in [1.165, 1.54) is 11.3 Å². The first-order valence-corrected chi connectivity index (χ1v) is 5.38. The van der Waals surface area contributed by atoms with E-state index < -0.39 is 6.03 Å². The summed E-state index contributed by atoms with van der Waals surface area (Å²) in [6.07, 6.45) is 0. The van der Waals surface area contributed by atoms with Gasteiger partial charge in [-0.2, -0.15) is 0 Å². The van der Waals surface area contributed by atoms with Gasteiger partial charge >= 0.3 is 6.03 Å². The van der Waals surface area contributed by atoms with Gasteiger partial charge in [-0.1, -0.05) is 18.2 Å². The normalized spacial score (nSPS) is 10.0. The molecule has 1 heterocycles. The molecule has 16 heavy (non-hydrogen) atoms. The lowest BCUT2D eigenvalue weighted by atomic mass is 10.2. The summed E-state index contributed by atoms with van der Waals surface area (Å²) in [4.78, 5) is 22.1. The average Bonchev–Trinajstić information content (AvgIpc) is 2.69. The predicted molar refractivity (Wildman–Crippen MR) is 62.0 cm³/mol. The third-order valence-electron chi connectivity index (χ3n) is 2.02. The molecule has 0 radical (unpaired) electrons. The van der Waals surface area contributed by atoms with Crippen molar-refractivity contribution in [2.45, 2.75) is 0 Å². The molecule has 1 aromatic carbocycles. The monoisotopic (exact) mass is 235 g/mol. The fraction of sp³-hybridized carbons (Fsp3) is 0. The third kappa shape index (κ3) is 1.96. The van der Waals surface area contributed by atoms with Gasteiger partial charge in [-0.15, -0.1) is 11.3 Å². The number of rotatable bonds is 1. The molecule has 1 aromatic heterocycles. The quantitative estimate of drug-likeness (QED) is 0.649. The molecule has 0 aliphatic rings. The smallest absolute Gasteiger partial charge is 0.330 e. The Bertz CT molecular complexity index is 550. The van der Waals surface area contributed by atoms with Crippen LogP contribution in [0.1, 0.15) is 10.4 Å². The second kappa shape index (κ2) is 4.19. The number of nitrogens with two attached hydrogens (primary N) is 1. The molecule has 2 rings (SSSR count). The molecule has 0 spiro atoms. The van der Waals surface area contributed by atoms with E-state index in [1.54, 1.807) is 5.38 Å². The predicted octanol–water partition coefficient (Wildman–Crippen LogP) is 1.21. The number of nitrogens with one attached hydrogen (secondary N) is 2. The molecule has 3 amide bonds. The largest absolute Gasteiger partial charge is 0.350 e. The van der Waals surface area contributed by atoms with Gasteiger partial charge in [-0.25, -0.2) is 10.2 Å². The second-order valence-electron chi connectivity index (χ2n) is 3.09. The van der Waals surface area contributed by atoms with E-state index in [0.29, 0.717) is 5.56 Å². The van der Waals surface area contributed by atoms with E-state index in [-0.39, 0.29) is 5.91 Å². The summed E-state index contributed by atoms with van der Waals surface area (Å²) < 4.78 is 1.02. The van der Waals surface area contributed by atoms with E-state index in [1.807, 2.05) is 29.7 Å². The second-order valence-corrected chi connectivity index (χ2v) is 4.00. The van der Waals surface area contributed by atoms with Crippen molar-refractivity contribution in [2.24, 2.45) is 5.73 Å². The lowest BCUT2D eigenvalue weighted by molar-refractivity contribution is 0.0939. The average molecular weight is 235 g/mol. The van der Waals surface area contributed by atoms with Gasteiger partial charge in [0.1, 0.15) is 0 Å². The van der Waals surface area contributed by atoms with Gasteiger partial charge in [0.05, 0.1) is 5.56 Å². The molecule has 4 N–H and O–H groups in total. The molecule has 0 aliphatic heterocycles. The molecule has 0 saturated heterocycles. The highest BCUT2D eigenvalue weighted by Gasteiger charge is 2.11. The first-order chi connectivity index (χ1) is 7.68. The summed E-state index contributed by atoms with van der Waals surface area (Å²) in [5, 5.41) is 2.60. The number of hydrogen-bond acceptors (Lipinski definition) is 3. The van der Waals surface area contributed by atoms with Crippen molar-refractivity contribution < 1.29 is 9.59 Å². The molecule has 82 valence electrons. The van der Waals surface area contributed by atoms with Gasteiger partial charge in [0, 0.05) is 15.5 Å². The number of amides is 3. The van der Waals surface area contributed by atoms with Crippen molar-refractivity contribution in [3.63, 3.8) is 0 Å². The molecule has 0 bridgehead atoms. The van der Waals surface area contributed by atoms with Crippen LogP contribution in [0.4, 0.5) is 4.79 Å². The first-order valence-electron chi connectivity index (χ1n) is 4.50. The van der Waals surface area contributed by atoms with Crippen LogP contribution in [0.2, 0.25) is 0 Å². The molecule has 0 unspecified atom stereocenters. The van der Waals surface area contributed by atoms with Crippen molar-refractivity contribution in [3.8, 4) is 0 Å². The van der Waals surface area contributed by atoms with E-state index in [9.17, 15) is 9.59 Å². The van der Waals surface area contributed by atoms with E-state index in [0.717, 1.165) is 10.1 Å². The fourth-order valence-electron chi connectivity index (χ4n) is 1.34. The number of primary amides is 1. The van der Waals surface area contributed by atoms with E-state index >= 15 is 0 Å². The van der Waals surface area contributed by atoms with Crippen molar-refractivity contribution in [3.05, 3.63) is 35.2 Å². The van der Waals surface area contributed by atoms with Crippen LogP contribution in [0.5, 0.6) is 0 Å². The summed E-state index contributed by atoms with van der Waals surface area (Å²) in [5.41, 5.74) is 9.63. The Morgan fingerprint density at radius 1 is 1.19 bits per heavy atom. The Kier molecular flexibility index (Phi) is 2.74. The Hall–Kier alpha value is -2.08. The summed E-state index contributed by atoms with van der Waals surface area (Å²) in [6, 6.07) is 6.74. The highest BCUT2D eigenvalue weighted by molar-refractivity contribution is 7.17. The zero-order chi connectivity index (χ0) is 11.5. The maximum atomic E-state index is 11.6. The van der Waals surface area contributed by atoms with Crippen LogP contribution >= 0.6 is 11.3 Å². The van der Waals surface area contributed by atoms with Gasteiger partial charge in [0.2, 0.25) is 0 Å². The minimum atomic E-state index is -0.798. The molecule has 0 saturated carbocycles. The number of fused-ring (bicyclic) bond motifs is 1. The topological polar surface area (TPSA) is 84.2 Å². The maximum absolute atomic E-state index is 11.6. The molecule has 0 atom stereocenters. The Morgan fingerprint density at radius 3 is 2.69 bits per heavy atom. The SMILES string of the molecule is NC(=O)NNC(=O)c1csc2ccccc12. The minimum Gasteiger partial charge on any atom is -0.350 e. The third-order valence-corrected chi connectivity index (χ3v) is 2.99. The van der Waals surface area contributed by atoms with Gasteiger partial charge in [-0.05, 0) is 6.07 Å². The van der Waals surface area contributed by atoms with Crippen LogP contribution in [-0.2, 0) is 0 Å². The number of thiophene rings is 1. The zero-order valence-corrected chi connectivity index (χ0v) is 9.01. The van der Waals surface area contributed by atoms with Gasteiger partial charge in [0.25, 0.3) is 5.91 Å². The van der Waals surface area contributed by atoms with E-state index in [2.05, 4.69) is 5.43 Å². The Labute approximate surface area is 95.2 Å². The molecular weight excluding hydrogens is 226 g/mol. The molecule has 6 heteroatoms. The Morgan fingerprint density at radius 2 is 1.94 bits per heavy atom. The molecule has 0 aliphatic carbocycles. The summed E-state index contributed by atoms with van der Waals surface area (Å²) >= 11 is 1.47. The molecule has 0 fully saturated rings. The van der Waals surface area contributed by atoms with Crippen molar-refractivity contribution >= 4 is 33.4 Å². The zero-order valence-electron chi connectivity index (χ0n) is 8.19. The molecular formula is C10H9N3O2S. The fourth-order valence-corrected chi connectivity index (χ4v) is 2.28. The van der Waals surface area contributed by atoms with Crippen molar-refractivity contribution in [1.29, 1.82) is 0 Å². The van der Waals surface area contributed by atoms with E-state index in [4.69, 9.17) is 5.73 Å². The standard InChI is InChI=1S/C10H9N3O2S/c11-10(15)13-12-9(14)7-5-16-8-4-2-1-3-6(7)8/h1-5H,(H,12,14)(H3,11,13,15). The summed E-state index contributed by atoms with van der Waals surface area (Å²) in [5.74, 6) is -0.378. The minimum absolute atomic E-state index is 0.378. The summed E-state index contributed by atoms with van der Waals surface area (Å²) in [6.45, 7) is 0. The van der Waals surface area contributed by atoms with Crippen LogP contribution in [-0.4, -0.2) is 11.9 Å². The highest BCUT2D eigenvalue weighted by Crippen LogP contribution is 2.25. The van der Waals surface area contributed by atoms with Crippen LogP contribution in [0.15, 0.2) is 29.6 Å². The highest BCUT2D eigenvalue weighted by atomic mass is 32.1. The van der Waals surface area contributed by atoms with Gasteiger partial charge in [-0.3, -0.25) is 10.2 Å². The van der Waals surface area contributed by atoms with Crippen molar-refractivity contribution in [2.75, 3.05) is 0 Å². The molecule has 2 aromatic rings. The number of carbonyl (C=O) groups excluding carboxylic acids is 2. The van der Waals surface area contributed by atoms with Gasteiger partial charge < -0.3 is 5.73 Å². The number of benzene rings is 1. The van der Waals surface area contributed by atoms with Crippen molar-refractivity contribution in [1.82, 2.24) is 10.9 Å².